The summed E-state index contributed by atoms with van der Waals surface area (Å²) in [5.41, 5.74) is 11.0. The minimum absolute atomic E-state index is 0.0170. The van der Waals surface area contributed by atoms with E-state index in [2.05, 4.69) is 41.1 Å². The van der Waals surface area contributed by atoms with Crippen molar-refractivity contribution in [3.63, 3.8) is 0 Å². The Morgan fingerprint density at radius 1 is 1.12 bits per heavy atom. The van der Waals surface area contributed by atoms with Crippen LogP contribution in [0.3, 0.4) is 0 Å². The Kier molecular flexibility index (Phi) is 6.01. The minimum atomic E-state index is -0.387. The van der Waals surface area contributed by atoms with Crippen LogP contribution in [0.1, 0.15) is 92.7 Å². The molecule has 3 saturated heterocycles. The molecule has 2 aliphatic carbocycles. The number of nitrogens with zero attached hydrogens (tertiary/aromatic N) is 6. The van der Waals surface area contributed by atoms with Gasteiger partial charge in [0.15, 0.2) is 17.3 Å². The molecule has 2 N–H and O–H groups in total. The van der Waals surface area contributed by atoms with Crippen LogP contribution in [-0.4, -0.2) is 57.8 Å². The zero-order valence-electron chi connectivity index (χ0n) is 24.6. The Bertz CT molecular complexity index is 1580. The lowest BCUT2D eigenvalue weighted by Crippen LogP contribution is -2.59. The van der Waals surface area contributed by atoms with Gasteiger partial charge in [0.25, 0.3) is 0 Å². The smallest absolute Gasteiger partial charge is 0.219 e. The standard InChI is InChI=1S/C33H39N7O2/c1-19(26-9-5-15-39(26)2)41-28-17-27(40-21-6-3-7-22(40)16-21)36-32(37-28)30-23-8-4-13-33(31(23)42-38-30)14-12-20-10-11-25(35)24(18-34)29(20)33/h10-11,17,19,21-22,26H,3-9,12-16,35H2,1-2H3/t19-,21?,22?,26-,33-/m0/s1. The van der Waals surface area contributed by atoms with Crippen molar-refractivity contribution >= 4 is 11.5 Å². The number of benzene rings is 1. The maximum Gasteiger partial charge on any atom is 0.219 e. The zero-order chi connectivity index (χ0) is 28.6. The number of hydrogen-bond donors (Lipinski definition) is 1. The van der Waals surface area contributed by atoms with Crippen LogP contribution in [-0.2, 0) is 18.3 Å². The van der Waals surface area contributed by atoms with E-state index in [0.29, 0.717) is 46.8 Å². The number of nitrogens with two attached hydrogens (primary N) is 1. The fourth-order valence-electron chi connectivity index (χ4n) is 8.95. The van der Waals surface area contributed by atoms with Crippen LogP contribution in [0.5, 0.6) is 5.88 Å². The fourth-order valence-corrected chi connectivity index (χ4v) is 8.95. The van der Waals surface area contributed by atoms with E-state index in [0.717, 1.165) is 67.8 Å². The van der Waals surface area contributed by atoms with E-state index >= 15 is 0 Å². The molecule has 0 amide bonds. The highest BCUT2D eigenvalue weighted by molar-refractivity contribution is 5.68. The number of aromatic nitrogens is 3. The number of likely N-dealkylation sites (N-methyl/N-ethyl adjacent to an activating group) is 1. The Balaban J connectivity index is 1.21. The Labute approximate surface area is 247 Å². The summed E-state index contributed by atoms with van der Waals surface area (Å²) in [7, 11) is 2.18. The topological polar surface area (TPSA) is 117 Å². The molecule has 1 spiro atoms. The van der Waals surface area contributed by atoms with Gasteiger partial charge in [-0.25, -0.2) is 4.98 Å². The van der Waals surface area contributed by atoms with Crippen molar-refractivity contribution < 1.29 is 9.26 Å². The lowest BCUT2D eigenvalue weighted by atomic mass is 9.68. The molecule has 42 heavy (non-hydrogen) atoms. The van der Waals surface area contributed by atoms with Gasteiger partial charge in [-0.2, -0.15) is 10.2 Å². The number of nitrogen functional groups attached to an aromatic ring is 1. The summed E-state index contributed by atoms with van der Waals surface area (Å²) in [5, 5.41) is 14.8. The molecule has 5 atom stereocenters. The van der Waals surface area contributed by atoms with Crippen LogP contribution < -0.4 is 15.4 Å². The zero-order valence-corrected chi connectivity index (χ0v) is 24.6. The van der Waals surface area contributed by atoms with Crippen LogP contribution >= 0.6 is 0 Å². The quantitative estimate of drug-likeness (QED) is 0.419. The predicted octanol–water partition coefficient (Wildman–Crippen LogP) is 5.15. The van der Waals surface area contributed by atoms with Crippen molar-refractivity contribution in [2.24, 2.45) is 0 Å². The van der Waals surface area contributed by atoms with Gasteiger partial charge in [0.2, 0.25) is 5.88 Å². The summed E-state index contributed by atoms with van der Waals surface area (Å²) < 4.78 is 12.9. The minimum Gasteiger partial charge on any atom is -0.473 e. The van der Waals surface area contributed by atoms with E-state index in [9.17, 15) is 5.26 Å². The molecule has 1 aromatic carbocycles. The van der Waals surface area contributed by atoms with Gasteiger partial charge in [-0.3, -0.25) is 4.90 Å². The summed E-state index contributed by atoms with van der Waals surface area (Å²) in [5.74, 6) is 2.99. The molecule has 9 heteroatoms. The molecule has 0 radical (unpaired) electrons. The van der Waals surface area contributed by atoms with Crippen LogP contribution in [0.2, 0.25) is 0 Å². The monoisotopic (exact) mass is 565 g/mol. The molecule has 2 bridgehead atoms. The first-order valence-corrected chi connectivity index (χ1v) is 15.8. The number of fused-ring (bicyclic) bond motifs is 6. The molecule has 3 fully saturated rings. The molecule has 9 nitrogen and oxygen atoms in total. The maximum atomic E-state index is 10.1. The van der Waals surface area contributed by atoms with E-state index in [-0.39, 0.29) is 11.5 Å². The van der Waals surface area contributed by atoms with E-state index in [1.807, 2.05) is 12.1 Å². The van der Waals surface area contributed by atoms with Crippen molar-refractivity contribution in [3.8, 4) is 23.5 Å². The van der Waals surface area contributed by atoms with Crippen LogP contribution in [0.4, 0.5) is 11.5 Å². The van der Waals surface area contributed by atoms with Gasteiger partial charge in [-0.1, -0.05) is 11.2 Å². The molecular formula is C33H39N7O2. The van der Waals surface area contributed by atoms with Gasteiger partial charge in [-0.05, 0) is 108 Å². The van der Waals surface area contributed by atoms with Crippen molar-refractivity contribution in [2.45, 2.75) is 107 Å². The molecule has 0 saturated carbocycles. The third-order valence-electron chi connectivity index (χ3n) is 11.0. The molecule has 3 aromatic rings. The highest BCUT2D eigenvalue weighted by Gasteiger charge is 2.49. The normalized spacial score (nSPS) is 28.7. The van der Waals surface area contributed by atoms with E-state index in [1.54, 1.807) is 0 Å². The second-order valence-electron chi connectivity index (χ2n) is 13.2. The van der Waals surface area contributed by atoms with Crippen LogP contribution in [0.25, 0.3) is 11.5 Å². The Hall–Kier alpha value is -3.64. The summed E-state index contributed by atoms with van der Waals surface area (Å²) in [6.45, 7) is 3.26. The number of piperidine rings is 1. The summed E-state index contributed by atoms with van der Waals surface area (Å²) in [6, 6.07) is 9.84. The van der Waals surface area contributed by atoms with Crippen molar-refractivity contribution in [3.05, 3.63) is 46.2 Å². The molecule has 2 aromatic heterocycles. The highest BCUT2D eigenvalue weighted by Crippen LogP contribution is 2.54. The number of anilines is 2. The van der Waals surface area contributed by atoms with Gasteiger partial charge in [-0.15, -0.1) is 0 Å². The second-order valence-corrected chi connectivity index (χ2v) is 13.2. The number of aryl methyl sites for hydroxylation is 1. The van der Waals surface area contributed by atoms with Gasteiger partial charge < -0.3 is 19.9 Å². The van der Waals surface area contributed by atoms with Crippen molar-refractivity contribution in [1.82, 2.24) is 20.0 Å². The van der Waals surface area contributed by atoms with Crippen LogP contribution in [0.15, 0.2) is 22.7 Å². The second kappa shape index (κ2) is 9.70. The first-order valence-electron chi connectivity index (χ1n) is 15.8. The van der Waals surface area contributed by atoms with E-state index in [1.165, 1.54) is 37.7 Å². The largest absolute Gasteiger partial charge is 0.473 e. The van der Waals surface area contributed by atoms with Gasteiger partial charge in [0.05, 0.1) is 11.0 Å². The molecule has 218 valence electrons. The molecule has 5 heterocycles. The predicted molar refractivity (Wildman–Crippen MR) is 159 cm³/mol. The third kappa shape index (κ3) is 3.80. The molecular weight excluding hydrogens is 526 g/mol. The highest BCUT2D eigenvalue weighted by atomic mass is 16.5. The van der Waals surface area contributed by atoms with Crippen molar-refractivity contribution in [2.75, 3.05) is 24.2 Å². The summed E-state index contributed by atoms with van der Waals surface area (Å²) >= 11 is 0. The number of ether oxygens (including phenoxy) is 1. The number of hydrogen-bond acceptors (Lipinski definition) is 9. The summed E-state index contributed by atoms with van der Waals surface area (Å²) in [6.07, 6.45) is 11.8. The first-order chi connectivity index (χ1) is 20.5. The van der Waals surface area contributed by atoms with Crippen LogP contribution in [0, 0.1) is 11.3 Å². The molecule has 5 aliphatic rings. The SMILES string of the molecule is C[C@H](Oc1cc(N2C3CCCC2C3)nc(-c2noc3c2CCC[C@@]32CCc3ccc(N)c(C#N)c32)n1)[C@@H]1CCCN1C. The average molecular weight is 566 g/mol. The summed E-state index contributed by atoms with van der Waals surface area (Å²) in [4.78, 5) is 15.0. The van der Waals surface area contributed by atoms with Gasteiger partial charge >= 0.3 is 0 Å². The third-order valence-corrected chi connectivity index (χ3v) is 11.0. The fraction of sp³-hybridized carbons (Fsp3) is 0.576. The maximum absolute atomic E-state index is 10.1. The van der Waals surface area contributed by atoms with E-state index < -0.39 is 0 Å². The Morgan fingerprint density at radius 3 is 2.74 bits per heavy atom. The average Bonchev–Trinajstić information content (AvgIpc) is 3.72. The number of nitriles is 1. The first kappa shape index (κ1) is 26.0. The van der Waals surface area contributed by atoms with E-state index in [4.69, 9.17) is 25.0 Å². The van der Waals surface area contributed by atoms with Crippen molar-refractivity contribution in [1.29, 1.82) is 5.26 Å². The Morgan fingerprint density at radius 2 is 1.98 bits per heavy atom. The molecule has 3 aliphatic heterocycles. The molecule has 8 rings (SSSR count). The lowest BCUT2D eigenvalue weighted by Gasteiger charge is -2.53. The number of likely N-dealkylation sites (tertiary alicyclic amines) is 1. The van der Waals surface area contributed by atoms with Gasteiger partial charge in [0.1, 0.15) is 18.0 Å². The number of rotatable bonds is 5. The van der Waals surface area contributed by atoms with Gasteiger partial charge in [0, 0.05) is 35.4 Å². The molecule has 2 unspecified atom stereocenters. The lowest BCUT2D eigenvalue weighted by molar-refractivity contribution is 0.117.